The van der Waals surface area contributed by atoms with E-state index in [1.165, 1.54) is 0 Å². The van der Waals surface area contributed by atoms with Crippen molar-refractivity contribution < 1.29 is 4.54 Å². The van der Waals surface area contributed by atoms with Gasteiger partial charge in [-0.3, -0.25) is 0 Å². The van der Waals surface area contributed by atoms with Crippen LogP contribution in [0.1, 0.15) is 5.69 Å². The fourth-order valence-electron chi connectivity index (χ4n) is 1.19. The van der Waals surface area contributed by atoms with Crippen LogP contribution in [0.3, 0.4) is 0 Å². The monoisotopic (exact) mass is 154 g/mol. The van der Waals surface area contributed by atoms with Crippen LogP contribution >= 0.6 is 0 Å². The molecule has 2 N–H and O–H groups in total. The number of aryl methyl sites for hydroxylation is 2. The molecule has 6 heteroatoms. The molecule has 0 saturated heterocycles. The molecule has 0 aliphatic carbocycles. The lowest BCUT2D eigenvalue weighted by Gasteiger charge is -1.80. The highest BCUT2D eigenvalue weighted by molar-refractivity contribution is 5.68. The third-order valence-corrected chi connectivity index (χ3v) is 1.67. The molecule has 0 aliphatic heterocycles. The van der Waals surface area contributed by atoms with E-state index in [1.807, 2.05) is 0 Å². The van der Waals surface area contributed by atoms with Crippen LogP contribution in [-0.2, 0) is 7.05 Å². The summed E-state index contributed by atoms with van der Waals surface area (Å²) in [4.78, 5) is 11.0. The van der Waals surface area contributed by atoms with Gasteiger partial charge in [0.15, 0.2) is 0 Å². The SMILES string of the molecule is Cc1nn(C)c2[nH][nH][n+](=O)c12. The van der Waals surface area contributed by atoms with Crippen LogP contribution in [0.4, 0.5) is 0 Å². The molecular formula is C5H8N5O+. The maximum absolute atomic E-state index is 11.0. The number of H-pyrrole nitrogens is 2. The Morgan fingerprint density at radius 2 is 2.36 bits per heavy atom. The molecule has 0 bridgehead atoms. The summed E-state index contributed by atoms with van der Waals surface area (Å²) in [6.07, 6.45) is 0. The van der Waals surface area contributed by atoms with Gasteiger partial charge in [-0.25, -0.2) is 4.68 Å². The molecule has 6 nitrogen and oxygen atoms in total. The Kier molecular flexibility index (Phi) is 0.957. The summed E-state index contributed by atoms with van der Waals surface area (Å²) in [5, 5.41) is 9.17. The first-order valence-electron chi connectivity index (χ1n) is 3.22. The predicted octanol–water partition coefficient (Wildman–Crippen LogP) is -0.548. The van der Waals surface area contributed by atoms with Gasteiger partial charge in [-0.15, -0.1) is 0 Å². The lowest BCUT2D eigenvalue weighted by Crippen LogP contribution is -2.15. The number of nitrogens with one attached hydrogen (secondary N) is 2. The minimum Gasteiger partial charge on any atom is -0.228 e. The van der Waals surface area contributed by atoms with Gasteiger partial charge in [-0.1, -0.05) is 5.21 Å². The first kappa shape index (κ1) is 6.14. The van der Waals surface area contributed by atoms with Gasteiger partial charge in [0, 0.05) is 7.05 Å². The van der Waals surface area contributed by atoms with Crippen molar-refractivity contribution >= 4 is 11.2 Å². The summed E-state index contributed by atoms with van der Waals surface area (Å²) in [6.45, 7) is 1.79. The van der Waals surface area contributed by atoms with Crippen LogP contribution in [0.25, 0.3) is 11.2 Å². The van der Waals surface area contributed by atoms with E-state index >= 15 is 0 Å². The Bertz CT molecular complexity index is 447. The number of aromatic nitrogens is 5. The second-order valence-electron chi connectivity index (χ2n) is 2.44. The van der Waals surface area contributed by atoms with Crippen LogP contribution in [0.5, 0.6) is 0 Å². The van der Waals surface area contributed by atoms with Crippen molar-refractivity contribution in [1.29, 1.82) is 0 Å². The molecule has 0 fully saturated rings. The molecule has 2 aromatic heterocycles. The average molecular weight is 154 g/mol. The second kappa shape index (κ2) is 1.71. The van der Waals surface area contributed by atoms with Crippen molar-refractivity contribution in [3.63, 3.8) is 0 Å². The summed E-state index contributed by atoms with van der Waals surface area (Å²) in [5.41, 5.74) is 1.99. The minimum absolute atomic E-state index is 0.563. The normalized spacial score (nSPS) is 11.1. The van der Waals surface area contributed by atoms with Crippen molar-refractivity contribution in [1.82, 2.24) is 20.1 Å². The van der Waals surface area contributed by atoms with Gasteiger partial charge in [0.2, 0.25) is 0 Å². The second-order valence-corrected chi connectivity index (χ2v) is 2.44. The number of fused-ring (bicyclic) bond motifs is 1. The van der Waals surface area contributed by atoms with E-state index in [1.54, 1.807) is 18.7 Å². The van der Waals surface area contributed by atoms with Gasteiger partial charge < -0.3 is 0 Å². The zero-order chi connectivity index (χ0) is 8.01. The van der Waals surface area contributed by atoms with Crippen LogP contribution in [0, 0.1) is 11.8 Å². The molecule has 2 heterocycles. The molecule has 58 valence electrons. The van der Waals surface area contributed by atoms with E-state index in [0.29, 0.717) is 15.7 Å². The topological polar surface area (TPSA) is 72.4 Å². The van der Waals surface area contributed by atoms with Crippen LogP contribution in [-0.4, -0.2) is 20.1 Å². The third-order valence-electron chi connectivity index (χ3n) is 1.67. The van der Waals surface area contributed by atoms with Gasteiger partial charge in [0.25, 0.3) is 11.2 Å². The Hall–Kier alpha value is -1.59. The van der Waals surface area contributed by atoms with Gasteiger partial charge in [-0.05, 0) is 11.8 Å². The van der Waals surface area contributed by atoms with E-state index in [-0.39, 0.29) is 0 Å². The zero-order valence-corrected chi connectivity index (χ0v) is 6.25. The standard InChI is InChI=1S/C5H8N5O/c1-3-4-5(9(2)7-3)6-8-10(4)11/h1-2H3,(H2,6,8,11)/q+1. The van der Waals surface area contributed by atoms with E-state index in [2.05, 4.69) is 15.4 Å². The summed E-state index contributed by atoms with van der Waals surface area (Å²) in [6, 6.07) is 0. The number of hydrogen-bond acceptors (Lipinski definition) is 2. The molecule has 0 aliphatic rings. The quantitative estimate of drug-likeness (QED) is 0.500. The molecular weight excluding hydrogens is 146 g/mol. The first-order valence-corrected chi connectivity index (χ1v) is 3.22. The van der Waals surface area contributed by atoms with Crippen LogP contribution < -0.4 is 4.54 Å². The molecule has 0 saturated carbocycles. The maximum atomic E-state index is 11.0. The Balaban J connectivity index is 3.10. The van der Waals surface area contributed by atoms with Gasteiger partial charge in [0.1, 0.15) is 5.69 Å². The fraction of sp³-hybridized carbons (Fsp3) is 0.400. The maximum Gasteiger partial charge on any atom is 0.291 e. The van der Waals surface area contributed by atoms with E-state index < -0.39 is 0 Å². The number of rotatable bonds is 0. The molecule has 0 aromatic carbocycles. The zero-order valence-electron chi connectivity index (χ0n) is 6.25. The molecule has 0 radical (unpaired) electrons. The van der Waals surface area contributed by atoms with Crippen molar-refractivity contribution in [3.05, 3.63) is 10.6 Å². The molecule has 2 rings (SSSR count). The Morgan fingerprint density at radius 3 is 3.00 bits per heavy atom. The van der Waals surface area contributed by atoms with Crippen molar-refractivity contribution in [3.8, 4) is 0 Å². The summed E-state index contributed by atoms with van der Waals surface area (Å²) >= 11 is 0. The van der Waals surface area contributed by atoms with Crippen molar-refractivity contribution in [2.45, 2.75) is 6.92 Å². The third kappa shape index (κ3) is 0.631. The highest BCUT2D eigenvalue weighted by Gasteiger charge is 2.16. The smallest absolute Gasteiger partial charge is 0.228 e. The fourth-order valence-corrected chi connectivity index (χ4v) is 1.19. The van der Waals surface area contributed by atoms with Gasteiger partial charge in [0.05, 0.1) is 4.54 Å². The van der Waals surface area contributed by atoms with Crippen LogP contribution in [0.15, 0.2) is 0 Å². The minimum atomic E-state index is 0.563. The highest BCUT2D eigenvalue weighted by atomic mass is 16.3. The Morgan fingerprint density at radius 1 is 1.64 bits per heavy atom. The number of hydrogen-bond donors (Lipinski definition) is 2. The van der Waals surface area contributed by atoms with Crippen molar-refractivity contribution in [2.75, 3.05) is 0 Å². The lowest BCUT2D eigenvalue weighted by atomic mass is 10.4. The largest absolute Gasteiger partial charge is 0.291 e. The summed E-state index contributed by atoms with van der Waals surface area (Å²) in [7, 11) is 1.78. The van der Waals surface area contributed by atoms with Crippen molar-refractivity contribution in [2.24, 2.45) is 7.05 Å². The molecule has 0 amide bonds. The van der Waals surface area contributed by atoms with Crippen LogP contribution in [0.2, 0.25) is 0 Å². The van der Waals surface area contributed by atoms with E-state index in [9.17, 15) is 4.91 Å². The average Bonchev–Trinajstić information content (AvgIpc) is 2.41. The molecule has 11 heavy (non-hydrogen) atoms. The van der Waals surface area contributed by atoms with E-state index in [0.717, 1.165) is 5.69 Å². The highest BCUT2D eigenvalue weighted by Crippen LogP contribution is 2.06. The molecule has 0 atom stereocenters. The molecule has 2 aromatic rings. The predicted molar refractivity (Wildman–Crippen MR) is 37.5 cm³/mol. The van der Waals surface area contributed by atoms with Gasteiger partial charge in [-0.2, -0.15) is 10.2 Å². The number of nitrogens with zero attached hydrogens (tertiary/aromatic N) is 3. The summed E-state index contributed by atoms with van der Waals surface area (Å²) < 4.78 is 2.28. The van der Waals surface area contributed by atoms with Gasteiger partial charge >= 0.3 is 0 Å². The lowest BCUT2D eigenvalue weighted by molar-refractivity contribution is -0.538. The molecule has 0 unspecified atom stereocenters. The summed E-state index contributed by atoms with van der Waals surface area (Å²) in [5.74, 6) is 0. The number of aromatic amines is 2. The van der Waals surface area contributed by atoms with E-state index in [4.69, 9.17) is 0 Å². The Labute approximate surface area is 61.4 Å². The first-order chi connectivity index (χ1) is 5.20. The molecule has 0 spiro atoms.